The summed E-state index contributed by atoms with van der Waals surface area (Å²) in [6.45, 7) is 18.0. The molecule has 0 bridgehead atoms. The van der Waals surface area contributed by atoms with E-state index >= 15 is 9.18 Å². The number of fused-ring (bicyclic) bond motifs is 2. The van der Waals surface area contributed by atoms with E-state index in [1.165, 1.54) is 26.8 Å². The molecule has 0 unspecified atom stereocenters. The average molecular weight is 1090 g/mol. The van der Waals surface area contributed by atoms with E-state index in [0.29, 0.717) is 12.0 Å². The number of aryl methyl sites for hydroxylation is 1. The van der Waals surface area contributed by atoms with Gasteiger partial charge in [-0.05, 0) is 110 Å². The fourth-order valence-corrected chi connectivity index (χ4v) is 10.9. The van der Waals surface area contributed by atoms with Gasteiger partial charge in [0, 0.05) is 49.1 Å². The van der Waals surface area contributed by atoms with Crippen molar-refractivity contribution in [3.8, 4) is 0 Å². The summed E-state index contributed by atoms with van der Waals surface area (Å²) in [5.74, 6) is -5.51. The quantitative estimate of drug-likeness (QED) is 0.0714. The van der Waals surface area contributed by atoms with Gasteiger partial charge >= 0.3 is 0 Å². The topological polar surface area (TPSA) is 189 Å². The van der Waals surface area contributed by atoms with Crippen molar-refractivity contribution in [2.75, 3.05) is 13.6 Å². The summed E-state index contributed by atoms with van der Waals surface area (Å²) in [6, 6.07) is 19.1. The van der Waals surface area contributed by atoms with Crippen LogP contribution >= 0.6 is 0 Å². The molecule has 17 heteroatoms. The lowest BCUT2D eigenvalue weighted by Gasteiger charge is -2.43. The van der Waals surface area contributed by atoms with Crippen LogP contribution in [0.3, 0.4) is 0 Å². The van der Waals surface area contributed by atoms with Crippen molar-refractivity contribution < 1.29 is 42.3 Å². The van der Waals surface area contributed by atoms with Crippen molar-refractivity contribution in [3.05, 3.63) is 142 Å². The van der Waals surface area contributed by atoms with Crippen LogP contribution in [0.25, 0.3) is 0 Å². The molecule has 4 aromatic rings. The van der Waals surface area contributed by atoms with Gasteiger partial charge in [0.2, 0.25) is 35.4 Å². The van der Waals surface area contributed by atoms with Crippen molar-refractivity contribution in [1.82, 2.24) is 41.3 Å². The molecule has 2 aliphatic heterocycles. The number of likely N-dealkylation sites (tertiary alicyclic amines) is 1. The Kier molecular flexibility index (Phi) is 18.9. The molecule has 0 radical (unpaired) electrons. The van der Waals surface area contributed by atoms with Crippen molar-refractivity contribution in [1.29, 1.82) is 0 Å². The van der Waals surface area contributed by atoms with Gasteiger partial charge in [0.1, 0.15) is 24.2 Å². The molecule has 424 valence electrons. The predicted molar refractivity (Wildman–Crippen MR) is 299 cm³/mol. The normalized spacial score (nSPS) is 20.1. The zero-order valence-electron chi connectivity index (χ0n) is 47.7. The molecule has 1 aliphatic carbocycles. The molecule has 1 fully saturated rings. The molecule has 9 atom stereocenters. The summed E-state index contributed by atoms with van der Waals surface area (Å²) in [7, 11) is 1.65. The van der Waals surface area contributed by atoms with Crippen LogP contribution in [0.1, 0.15) is 151 Å². The second kappa shape index (κ2) is 25.0. The smallest absolute Gasteiger partial charge is 0.251 e. The minimum atomic E-state index is -1.12. The van der Waals surface area contributed by atoms with Crippen molar-refractivity contribution in [2.24, 2.45) is 16.7 Å². The van der Waals surface area contributed by atoms with Gasteiger partial charge in [-0.1, -0.05) is 128 Å². The molecule has 4 aromatic carbocycles. The van der Waals surface area contributed by atoms with E-state index in [9.17, 15) is 33.2 Å². The van der Waals surface area contributed by atoms with Gasteiger partial charge in [-0.3, -0.25) is 33.6 Å². The van der Waals surface area contributed by atoms with Crippen LogP contribution in [-0.2, 0) is 54.7 Å². The summed E-state index contributed by atoms with van der Waals surface area (Å²) in [5, 5.41) is 15.1. The molecule has 7 rings (SSSR count). The Balaban J connectivity index is 1.16. The first-order valence-corrected chi connectivity index (χ1v) is 27.8. The Labute approximate surface area is 464 Å². The first-order chi connectivity index (χ1) is 37.3. The van der Waals surface area contributed by atoms with Crippen LogP contribution in [0.5, 0.6) is 0 Å². The van der Waals surface area contributed by atoms with E-state index in [4.69, 9.17) is 0 Å². The number of amides is 7. The molecule has 0 spiro atoms. The Morgan fingerprint density at radius 2 is 1.32 bits per heavy atom. The van der Waals surface area contributed by atoms with E-state index in [-0.39, 0.29) is 73.3 Å². The molecule has 5 N–H and O–H groups in total. The second-order valence-corrected chi connectivity index (χ2v) is 23.9. The van der Waals surface area contributed by atoms with Crippen LogP contribution < -0.4 is 26.6 Å². The van der Waals surface area contributed by atoms with Crippen LogP contribution in [0.15, 0.2) is 91.0 Å². The molecule has 0 saturated carbocycles. The summed E-state index contributed by atoms with van der Waals surface area (Å²) >= 11 is 0. The third-order valence-corrected chi connectivity index (χ3v) is 16.2. The number of nitrogens with one attached hydrogen (secondary N) is 5. The number of nitrogens with zero attached hydrogens (tertiary/aromatic N) is 3. The number of likely N-dealkylation sites (N-methyl/N-ethyl adjacent to an activating group) is 1. The SMILES string of the molecule is CC[C@@H](C)C(=O)N[C@H](C(=O)N1Cc2ccccc2C[C@H]1C(=O)N(Cc1ccc(C(=O)N[C@H]2C[C@@H](C(=O)N[C@@H]3CCCc4ccccc43)N(C(=O)[C@@H](NC(=O)[C@H](C)NC)C(C)(C)C)C2)cc1)[C@H](C)c1cccc(F)c1F)C(C)(C)C. The number of benzene rings is 4. The molecule has 7 amide bonds. The minimum absolute atomic E-state index is 0.0104. The fraction of sp³-hybridized carbons (Fsp3) is 0.500. The molecular weight excluding hydrogens is 1010 g/mol. The number of carbonyl (C=O) groups excluding carboxylic acids is 7. The number of halogens is 2. The highest BCUT2D eigenvalue weighted by atomic mass is 19.2. The maximum absolute atomic E-state index is 15.8. The van der Waals surface area contributed by atoms with Crippen molar-refractivity contribution in [3.63, 3.8) is 0 Å². The molecule has 1 saturated heterocycles. The van der Waals surface area contributed by atoms with Crippen LogP contribution in [0, 0.1) is 28.4 Å². The lowest BCUT2D eigenvalue weighted by atomic mass is 9.83. The monoisotopic (exact) mass is 1090 g/mol. The van der Waals surface area contributed by atoms with E-state index in [1.807, 2.05) is 90.9 Å². The fourth-order valence-electron chi connectivity index (χ4n) is 10.9. The Morgan fingerprint density at radius 3 is 1.95 bits per heavy atom. The standard InChI is InChI=1S/C62H80F2N8O7/c1-12-36(2)54(73)68-52(61(5,6)7)59(78)71-34-43-21-14-13-20-42(43)31-50(71)58(77)70(38(4)45-24-18-25-47(63)51(45)64)33-39-27-29-41(30-28-39)56(75)66-44-32-49(57(76)67-48-26-17-22-40-19-15-16-23-46(40)48)72(35-44)60(79)53(62(8,9)10)69-55(74)37(3)65-11/h13-16,18-21,23-25,27-30,36-38,44,48-50,52-53,65H,12,17,22,26,31-35H2,1-11H3,(H,66,75)(H,67,76)(H,68,73)(H,69,74)/t36-,37+,38-,44+,48-,49+,50+,52-,53-/m1/s1. The second-order valence-electron chi connectivity index (χ2n) is 23.9. The molecule has 2 heterocycles. The van der Waals surface area contributed by atoms with Gasteiger partial charge < -0.3 is 41.3 Å². The zero-order chi connectivity index (χ0) is 57.7. The zero-order valence-corrected chi connectivity index (χ0v) is 47.7. The number of carbonyl (C=O) groups is 7. The van der Waals surface area contributed by atoms with Gasteiger partial charge in [-0.15, -0.1) is 0 Å². The number of hydrogen-bond acceptors (Lipinski definition) is 8. The van der Waals surface area contributed by atoms with Crippen LogP contribution in [-0.4, -0.2) is 106 Å². The Bertz CT molecular complexity index is 2900. The summed E-state index contributed by atoms with van der Waals surface area (Å²) < 4.78 is 30.7. The van der Waals surface area contributed by atoms with E-state index in [2.05, 4.69) is 32.7 Å². The van der Waals surface area contributed by atoms with E-state index < -0.39 is 88.4 Å². The first kappa shape index (κ1) is 59.6. The molecular formula is C62H80F2N8O7. The van der Waals surface area contributed by atoms with Gasteiger partial charge in [0.15, 0.2) is 11.6 Å². The van der Waals surface area contributed by atoms with Gasteiger partial charge in [0.05, 0.1) is 18.1 Å². The lowest BCUT2D eigenvalue weighted by molar-refractivity contribution is -0.152. The largest absolute Gasteiger partial charge is 0.347 e. The summed E-state index contributed by atoms with van der Waals surface area (Å²) in [4.78, 5) is 105. The van der Waals surface area contributed by atoms with E-state index in [0.717, 1.165) is 47.6 Å². The lowest BCUT2D eigenvalue weighted by Crippen LogP contribution is -2.61. The highest BCUT2D eigenvalue weighted by Crippen LogP contribution is 2.35. The summed E-state index contributed by atoms with van der Waals surface area (Å²) in [6.07, 6.45) is 3.27. The first-order valence-electron chi connectivity index (χ1n) is 27.8. The maximum Gasteiger partial charge on any atom is 0.251 e. The average Bonchev–Trinajstić information content (AvgIpc) is 3.86. The van der Waals surface area contributed by atoms with E-state index in [1.54, 1.807) is 52.1 Å². The molecule has 0 aromatic heterocycles. The van der Waals surface area contributed by atoms with Gasteiger partial charge in [-0.2, -0.15) is 0 Å². The highest BCUT2D eigenvalue weighted by molar-refractivity contribution is 5.97. The van der Waals surface area contributed by atoms with Crippen molar-refractivity contribution in [2.45, 2.75) is 169 Å². The third-order valence-electron chi connectivity index (χ3n) is 16.2. The summed E-state index contributed by atoms with van der Waals surface area (Å²) in [5.41, 5.74) is 3.06. The van der Waals surface area contributed by atoms with Crippen LogP contribution in [0.2, 0.25) is 0 Å². The highest BCUT2D eigenvalue weighted by Gasteiger charge is 2.47. The Morgan fingerprint density at radius 1 is 0.709 bits per heavy atom. The molecule has 79 heavy (non-hydrogen) atoms. The van der Waals surface area contributed by atoms with Gasteiger partial charge in [0.25, 0.3) is 5.91 Å². The van der Waals surface area contributed by atoms with Gasteiger partial charge in [-0.25, -0.2) is 8.78 Å². The Hall–Kier alpha value is -7.01. The minimum Gasteiger partial charge on any atom is -0.347 e. The number of rotatable bonds is 17. The van der Waals surface area contributed by atoms with Crippen LogP contribution in [0.4, 0.5) is 8.78 Å². The van der Waals surface area contributed by atoms with Crippen molar-refractivity contribution >= 4 is 41.4 Å². The molecule has 3 aliphatic rings. The number of hydrogen-bond donors (Lipinski definition) is 5. The third kappa shape index (κ3) is 13.7. The molecule has 15 nitrogen and oxygen atoms in total. The predicted octanol–water partition coefficient (Wildman–Crippen LogP) is 7.62. The maximum atomic E-state index is 15.8.